The molecule has 0 aliphatic heterocycles. The summed E-state index contributed by atoms with van der Waals surface area (Å²) in [7, 11) is 0. The monoisotopic (exact) mass is 270 g/mol. The largest absolute Gasteiger partial charge is 0.507 e. The van der Waals surface area contributed by atoms with E-state index >= 15 is 0 Å². The van der Waals surface area contributed by atoms with Crippen molar-refractivity contribution in [2.75, 3.05) is 0 Å². The average Bonchev–Trinajstić information content (AvgIpc) is 2.92. The summed E-state index contributed by atoms with van der Waals surface area (Å²) in [4.78, 5) is 0. The van der Waals surface area contributed by atoms with Gasteiger partial charge in [-0.2, -0.15) is 0 Å². The maximum atomic E-state index is 10.4. The van der Waals surface area contributed by atoms with Crippen LogP contribution in [0.5, 0.6) is 0 Å². The Labute approximate surface area is 122 Å². The highest BCUT2D eigenvalue weighted by molar-refractivity contribution is 5.61. The summed E-state index contributed by atoms with van der Waals surface area (Å²) in [5.74, 6) is 0.322. The zero-order valence-corrected chi connectivity index (χ0v) is 11.5. The van der Waals surface area contributed by atoms with Crippen LogP contribution in [-0.2, 0) is 0 Å². The standard InChI is InChI=1S/C20H14O/c21-20(14-6-2-1-3-7-14)16-10-11-19-17(13-16)12-15-8-4-5-9-18(15)19/h1-13,21H/b20-16-. The molecule has 0 fully saturated rings. The normalized spacial score (nSPS) is 13.1. The van der Waals surface area contributed by atoms with E-state index in [1.54, 1.807) is 0 Å². The number of rotatable bonds is 1. The third-order valence-electron chi connectivity index (χ3n) is 3.93. The molecule has 0 unspecified atom stereocenters. The molecule has 21 heavy (non-hydrogen) atoms. The average molecular weight is 270 g/mol. The van der Waals surface area contributed by atoms with Crippen molar-refractivity contribution in [3.05, 3.63) is 105 Å². The minimum absolute atomic E-state index is 0.322. The quantitative estimate of drug-likeness (QED) is 0.564. The molecule has 0 bridgehead atoms. The summed E-state index contributed by atoms with van der Waals surface area (Å²) in [5.41, 5.74) is 2.00. The molecule has 0 amide bonds. The summed E-state index contributed by atoms with van der Waals surface area (Å²) in [6.07, 6.45) is 2.17. The second-order valence-electron chi connectivity index (χ2n) is 5.25. The van der Waals surface area contributed by atoms with Gasteiger partial charge in [-0.05, 0) is 33.4 Å². The van der Waals surface area contributed by atoms with E-state index in [2.05, 4.69) is 42.5 Å². The van der Waals surface area contributed by atoms with Crippen molar-refractivity contribution in [3.63, 3.8) is 0 Å². The second kappa shape index (κ2) is 4.64. The fourth-order valence-electron chi connectivity index (χ4n) is 2.87. The van der Waals surface area contributed by atoms with Crippen LogP contribution in [-0.4, -0.2) is 5.11 Å². The van der Waals surface area contributed by atoms with Gasteiger partial charge in [-0.3, -0.25) is 0 Å². The number of aliphatic hydroxyl groups is 1. The van der Waals surface area contributed by atoms with E-state index in [0.717, 1.165) is 16.3 Å². The smallest absolute Gasteiger partial charge is 0.130 e. The molecule has 0 aromatic heterocycles. The summed E-state index contributed by atoms with van der Waals surface area (Å²) in [6.45, 7) is 0. The van der Waals surface area contributed by atoms with Crippen LogP contribution in [0.1, 0.15) is 11.1 Å². The van der Waals surface area contributed by atoms with Crippen LogP contribution >= 0.6 is 0 Å². The molecule has 1 aliphatic carbocycles. The van der Waals surface area contributed by atoms with Crippen molar-refractivity contribution in [2.24, 2.45) is 0 Å². The highest BCUT2D eigenvalue weighted by atomic mass is 16.3. The Morgan fingerprint density at radius 2 is 1.48 bits per heavy atom. The van der Waals surface area contributed by atoms with Crippen molar-refractivity contribution < 1.29 is 5.11 Å². The number of hydrogen-bond donors (Lipinski definition) is 1. The maximum Gasteiger partial charge on any atom is 0.130 e. The Bertz CT molecular complexity index is 1030. The van der Waals surface area contributed by atoms with E-state index < -0.39 is 0 Å². The van der Waals surface area contributed by atoms with Crippen molar-refractivity contribution in [1.29, 1.82) is 0 Å². The Morgan fingerprint density at radius 3 is 2.33 bits per heavy atom. The fraction of sp³-hybridized carbons (Fsp3) is 0. The molecule has 1 N–H and O–H groups in total. The van der Waals surface area contributed by atoms with Gasteiger partial charge in [-0.25, -0.2) is 0 Å². The molecule has 0 saturated carbocycles. The lowest BCUT2D eigenvalue weighted by Gasteiger charge is -2.00. The Hall–Kier alpha value is -2.80. The molecule has 1 aliphatic rings. The first-order valence-corrected chi connectivity index (χ1v) is 7.03. The van der Waals surface area contributed by atoms with E-state index in [9.17, 15) is 5.11 Å². The van der Waals surface area contributed by atoms with Crippen LogP contribution in [0.3, 0.4) is 0 Å². The van der Waals surface area contributed by atoms with Crippen LogP contribution in [0.15, 0.2) is 72.8 Å². The maximum absolute atomic E-state index is 10.4. The van der Waals surface area contributed by atoms with Gasteiger partial charge in [0, 0.05) is 10.8 Å². The molecule has 0 saturated heterocycles. The van der Waals surface area contributed by atoms with Crippen molar-refractivity contribution in [3.8, 4) is 0 Å². The van der Waals surface area contributed by atoms with Crippen molar-refractivity contribution in [1.82, 2.24) is 0 Å². The van der Waals surface area contributed by atoms with Gasteiger partial charge < -0.3 is 5.11 Å². The van der Waals surface area contributed by atoms with Gasteiger partial charge >= 0.3 is 0 Å². The molecular formula is C20H14O. The van der Waals surface area contributed by atoms with Crippen LogP contribution in [0.25, 0.3) is 11.8 Å². The summed E-state index contributed by atoms with van der Waals surface area (Å²) in [5, 5.41) is 15.0. The van der Waals surface area contributed by atoms with E-state index in [1.807, 2.05) is 36.4 Å². The highest BCUT2D eigenvalue weighted by Crippen LogP contribution is 2.10. The van der Waals surface area contributed by atoms with E-state index in [1.165, 1.54) is 15.7 Å². The first-order chi connectivity index (χ1) is 10.3. The number of benzene rings is 3. The van der Waals surface area contributed by atoms with Crippen LogP contribution in [0.2, 0.25) is 0 Å². The van der Waals surface area contributed by atoms with E-state index in [-0.39, 0.29) is 0 Å². The Balaban J connectivity index is 2.01. The molecule has 3 aromatic carbocycles. The van der Waals surface area contributed by atoms with Gasteiger partial charge in [0.05, 0.1) is 0 Å². The molecular weight excluding hydrogens is 256 g/mol. The molecule has 0 heterocycles. The molecule has 0 radical (unpaired) electrons. The predicted octanol–water partition coefficient (Wildman–Crippen LogP) is 2.83. The molecule has 0 atom stereocenters. The second-order valence-corrected chi connectivity index (χ2v) is 5.25. The van der Waals surface area contributed by atoms with E-state index in [4.69, 9.17) is 0 Å². The SMILES string of the molecule is O/C(c1ccccc1)=c1/ccc2c(c1)C=c1ccccc1=2. The summed E-state index contributed by atoms with van der Waals surface area (Å²) >= 11 is 0. The van der Waals surface area contributed by atoms with E-state index in [0.29, 0.717) is 5.76 Å². The fourth-order valence-corrected chi connectivity index (χ4v) is 2.87. The lowest BCUT2D eigenvalue weighted by Crippen LogP contribution is -2.07. The van der Waals surface area contributed by atoms with Crippen LogP contribution in [0, 0.1) is 10.4 Å². The zero-order chi connectivity index (χ0) is 14.2. The van der Waals surface area contributed by atoms with Crippen molar-refractivity contribution in [2.45, 2.75) is 0 Å². The first kappa shape index (κ1) is 12.0. The molecule has 1 heteroatoms. The third-order valence-corrected chi connectivity index (χ3v) is 3.93. The van der Waals surface area contributed by atoms with Gasteiger partial charge in [0.15, 0.2) is 0 Å². The van der Waals surface area contributed by atoms with Crippen LogP contribution < -0.4 is 10.4 Å². The van der Waals surface area contributed by atoms with Crippen molar-refractivity contribution >= 4 is 11.8 Å². The lowest BCUT2D eigenvalue weighted by atomic mass is 10.1. The topological polar surface area (TPSA) is 20.2 Å². The molecule has 0 spiro atoms. The van der Waals surface area contributed by atoms with Gasteiger partial charge in [0.25, 0.3) is 0 Å². The van der Waals surface area contributed by atoms with Gasteiger partial charge in [0.2, 0.25) is 0 Å². The predicted molar refractivity (Wildman–Crippen MR) is 85.0 cm³/mol. The van der Waals surface area contributed by atoms with Gasteiger partial charge in [0.1, 0.15) is 5.76 Å². The Kier molecular flexibility index (Phi) is 2.65. The number of fused-ring (bicyclic) bond motifs is 2. The number of hydrogen-bond acceptors (Lipinski definition) is 1. The summed E-state index contributed by atoms with van der Waals surface area (Å²) < 4.78 is 0. The zero-order valence-electron chi connectivity index (χ0n) is 11.5. The minimum Gasteiger partial charge on any atom is -0.507 e. The molecule has 3 aromatic rings. The highest BCUT2D eigenvalue weighted by Gasteiger charge is 2.04. The lowest BCUT2D eigenvalue weighted by molar-refractivity contribution is 0.507. The third kappa shape index (κ3) is 1.95. The van der Waals surface area contributed by atoms with Crippen LogP contribution in [0.4, 0.5) is 0 Å². The summed E-state index contributed by atoms with van der Waals surface area (Å²) in [6, 6.07) is 24.1. The first-order valence-electron chi connectivity index (χ1n) is 7.03. The molecule has 100 valence electrons. The van der Waals surface area contributed by atoms with Gasteiger partial charge in [-0.1, -0.05) is 66.7 Å². The Morgan fingerprint density at radius 1 is 0.714 bits per heavy atom. The van der Waals surface area contributed by atoms with Gasteiger partial charge in [-0.15, -0.1) is 0 Å². The molecule has 1 nitrogen and oxygen atoms in total. The minimum atomic E-state index is 0.322. The number of aliphatic hydroxyl groups excluding tert-OH is 1. The molecule has 4 rings (SSSR count).